The normalized spacial score (nSPS) is 9.50. The Morgan fingerprint density at radius 1 is 1.20 bits per heavy atom. The zero-order chi connectivity index (χ0) is 15.0. The van der Waals surface area contributed by atoms with Gasteiger partial charge in [0.1, 0.15) is 17.2 Å². The predicted molar refractivity (Wildman–Crippen MR) is 80.5 cm³/mol. The number of methoxy groups -OCH3 is 2. The van der Waals surface area contributed by atoms with Crippen LogP contribution in [0.5, 0.6) is 11.5 Å². The number of nitrogens with zero attached hydrogens (tertiary/aromatic N) is 1. The number of carbonyl (C=O) groups is 1. The molecule has 0 aliphatic carbocycles. The first-order valence-corrected chi connectivity index (χ1v) is 6.16. The van der Waals surface area contributed by atoms with Crippen LogP contribution in [0.1, 0.15) is 0 Å². The molecule has 0 aliphatic rings. The highest BCUT2D eigenvalue weighted by Crippen LogP contribution is 2.34. The molecule has 2 amide bonds. The van der Waals surface area contributed by atoms with E-state index in [1.54, 1.807) is 35.3 Å². The highest BCUT2D eigenvalue weighted by Gasteiger charge is 2.16. The van der Waals surface area contributed by atoms with E-state index in [1.807, 2.05) is 0 Å². The van der Waals surface area contributed by atoms with Crippen LogP contribution in [-0.4, -0.2) is 38.2 Å². The number of para-hydroxylation sites is 1. The highest BCUT2D eigenvalue weighted by atomic mass is 16.5. The van der Waals surface area contributed by atoms with E-state index < -0.39 is 0 Å². The van der Waals surface area contributed by atoms with Gasteiger partial charge in [-0.1, -0.05) is 18.2 Å². The van der Waals surface area contributed by atoms with Crippen molar-refractivity contribution in [2.45, 2.75) is 0 Å². The van der Waals surface area contributed by atoms with Crippen LogP contribution in [0.25, 0.3) is 0 Å². The topological polar surface area (TPSA) is 50.8 Å². The Morgan fingerprint density at radius 3 is 2.10 bits per heavy atom. The van der Waals surface area contributed by atoms with E-state index in [9.17, 15) is 4.79 Å². The molecule has 1 rings (SSSR count). The Balaban J connectivity index is 2.98. The van der Waals surface area contributed by atoms with Crippen molar-refractivity contribution in [3.63, 3.8) is 0 Å². The second-order valence-electron chi connectivity index (χ2n) is 3.95. The third-order valence-corrected chi connectivity index (χ3v) is 2.65. The van der Waals surface area contributed by atoms with Crippen molar-refractivity contribution in [3.05, 3.63) is 43.5 Å². The molecular weight excluding hydrogens is 256 g/mol. The molecule has 108 valence electrons. The number of benzene rings is 1. The van der Waals surface area contributed by atoms with Crippen molar-refractivity contribution in [3.8, 4) is 11.5 Å². The van der Waals surface area contributed by atoms with Gasteiger partial charge in [-0.25, -0.2) is 4.79 Å². The van der Waals surface area contributed by atoms with Crippen LogP contribution in [0.3, 0.4) is 0 Å². The Kier molecular flexibility index (Phi) is 6.16. The van der Waals surface area contributed by atoms with Crippen LogP contribution in [0.2, 0.25) is 0 Å². The minimum atomic E-state index is -0.271. The van der Waals surface area contributed by atoms with Crippen LogP contribution >= 0.6 is 0 Å². The molecule has 1 aromatic carbocycles. The van der Waals surface area contributed by atoms with Gasteiger partial charge in [-0.3, -0.25) is 0 Å². The summed E-state index contributed by atoms with van der Waals surface area (Å²) >= 11 is 0. The number of amides is 2. The molecule has 0 unspecified atom stereocenters. The molecular formula is C15H20N2O3. The van der Waals surface area contributed by atoms with E-state index in [0.29, 0.717) is 30.3 Å². The van der Waals surface area contributed by atoms with E-state index >= 15 is 0 Å². The molecule has 0 saturated heterocycles. The van der Waals surface area contributed by atoms with Crippen LogP contribution in [-0.2, 0) is 0 Å². The number of carbonyl (C=O) groups excluding carboxylic acids is 1. The van der Waals surface area contributed by atoms with Crippen molar-refractivity contribution in [2.24, 2.45) is 0 Å². The summed E-state index contributed by atoms with van der Waals surface area (Å²) in [5.74, 6) is 1.07. The van der Waals surface area contributed by atoms with Gasteiger partial charge in [0.2, 0.25) is 0 Å². The first-order valence-electron chi connectivity index (χ1n) is 6.16. The van der Waals surface area contributed by atoms with Crippen molar-refractivity contribution in [1.29, 1.82) is 0 Å². The fourth-order valence-corrected chi connectivity index (χ4v) is 1.71. The number of nitrogens with one attached hydrogen (secondary N) is 1. The number of ether oxygens (including phenoxy) is 2. The smallest absolute Gasteiger partial charge is 0.322 e. The molecule has 5 heteroatoms. The summed E-state index contributed by atoms with van der Waals surface area (Å²) in [7, 11) is 3.07. The summed E-state index contributed by atoms with van der Waals surface area (Å²) in [6, 6.07) is 5.03. The first-order chi connectivity index (χ1) is 9.67. The van der Waals surface area contributed by atoms with Gasteiger partial charge in [-0.15, -0.1) is 13.2 Å². The highest BCUT2D eigenvalue weighted by molar-refractivity contribution is 5.93. The maximum atomic E-state index is 12.2. The molecule has 0 heterocycles. The number of anilines is 1. The van der Waals surface area contributed by atoms with Crippen molar-refractivity contribution < 1.29 is 14.3 Å². The second-order valence-corrected chi connectivity index (χ2v) is 3.95. The van der Waals surface area contributed by atoms with Crippen LogP contribution < -0.4 is 14.8 Å². The predicted octanol–water partition coefficient (Wildman–Crippen LogP) is 2.91. The van der Waals surface area contributed by atoms with Crippen LogP contribution in [0.4, 0.5) is 10.5 Å². The number of hydrogen-bond donors (Lipinski definition) is 1. The number of hydrogen-bond acceptors (Lipinski definition) is 3. The van der Waals surface area contributed by atoms with Gasteiger partial charge in [-0.2, -0.15) is 0 Å². The molecule has 0 spiro atoms. The minimum absolute atomic E-state index is 0.271. The largest absolute Gasteiger partial charge is 0.494 e. The van der Waals surface area contributed by atoms with E-state index in [2.05, 4.69) is 18.5 Å². The molecule has 5 nitrogen and oxygen atoms in total. The zero-order valence-corrected chi connectivity index (χ0v) is 11.9. The zero-order valence-electron chi connectivity index (χ0n) is 11.9. The van der Waals surface area contributed by atoms with E-state index in [-0.39, 0.29) is 6.03 Å². The molecule has 0 radical (unpaired) electrons. The van der Waals surface area contributed by atoms with Gasteiger partial charge < -0.3 is 19.7 Å². The third kappa shape index (κ3) is 3.78. The maximum Gasteiger partial charge on any atom is 0.322 e. The fourth-order valence-electron chi connectivity index (χ4n) is 1.71. The molecule has 1 aromatic rings. The summed E-state index contributed by atoms with van der Waals surface area (Å²) in [6.07, 6.45) is 3.31. The van der Waals surface area contributed by atoms with Crippen LogP contribution in [0.15, 0.2) is 43.5 Å². The molecule has 1 N–H and O–H groups in total. The summed E-state index contributed by atoms with van der Waals surface area (Å²) in [4.78, 5) is 13.8. The summed E-state index contributed by atoms with van der Waals surface area (Å²) < 4.78 is 10.5. The van der Waals surface area contributed by atoms with Gasteiger partial charge in [0.15, 0.2) is 0 Å². The van der Waals surface area contributed by atoms with E-state index in [1.165, 1.54) is 14.2 Å². The minimum Gasteiger partial charge on any atom is -0.494 e. The molecule has 20 heavy (non-hydrogen) atoms. The van der Waals surface area contributed by atoms with Gasteiger partial charge in [0.25, 0.3) is 0 Å². The average Bonchev–Trinajstić information content (AvgIpc) is 2.47. The van der Waals surface area contributed by atoms with Crippen molar-refractivity contribution in [2.75, 3.05) is 32.6 Å². The number of urea groups is 1. The van der Waals surface area contributed by atoms with Crippen molar-refractivity contribution in [1.82, 2.24) is 4.90 Å². The standard InChI is InChI=1S/C15H20N2O3/c1-5-10-17(11-6-2)15(18)16-14-12(19-3)8-7-9-13(14)20-4/h5-9H,1-2,10-11H2,3-4H3,(H,16,18). The van der Waals surface area contributed by atoms with Crippen LogP contribution in [0, 0.1) is 0 Å². The van der Waals surface area contributed by atoms with E-state index in [0.717, 1.165) is 0 Å². The Morgan fingerprint density at radius 2 is 1.70 bits per heavy atom. The van der Waals surface area contributed by atoms with Gasteiger partial charge in [-0.05, 0) is 12.1 Å². The summed E-state index contributed by atoms with van der Waals surface area (Å²) in [5, 5.41) is 2.79. The Hall–Kier alpha value is -2.43. The summed E-state index contributed by atoms with van der Waals surface area (Å²) in [5.41, 5.74) is 0.501. The van der Waals surface area contributed by atoms with E-state index in [4.69, 9.17) is 9.47 Å². The lowest BCUT2D eigenvalue weighted by atomic mass is 10.2. The van der Waals surface area contributed by atoms with Crippen molar-refractivity contribution >= 4 is 11.7 Å². The monoisotopic (exact) mass is 276 g/mol. The lowest BCUT2D eigenvalue weighted by Gasteiger charge is -2.21. The molecule has 0 aliphatic heterocycles. The fraction of sp³-hybridized carbons (Fsp3) is 0.267. The lowest BCUT2D eigenvalue weighted by Crippen LogP contribution is -2.35. The first kappa shape index (κ1) is 15.6. The molecule has 0 bridgehead atoms. The van der Waals surface area contributed by atoms with Gasteiger partial charge in [0.05, 0.1) is 14.2 Å². The SMILES string of the molecule is C=CCN(CC=C)C(=O)Nc1c(OC)cccc1OC. The maximum absolute atomic E-state index is 12.2. The second kappa shape index (κ2) is 7.89. The number of rotatable bonds is 7. The molecule has 0 aromatic heterocycles. The molecule has 0 fully saturated rings. The molecule has 0 atom stereocenters. The average molecular weight is 276 g/mol. The third-order valence-electron chi connectivity index (χ3n) is 2.65. The summed E-state index contributed by atoms with van der Waals surface area (Å²) in [6.45, 7) is 8.12. The quantitative estimate of drug-likeness (QED) is 0.779. The Bertz CT molecular complexity index is 454. The van der Waals surface area contributed by atoms with Gasteiger partial charge in [0, 0.05) is 13.1 Å². The molecule has 0 saturated carbocycles. The Labute approximate surface area is 119 Å². The van der Waals surface area contributed by atoms with Gasteiger partial charge >= 0.3 is 6.03 Å². The lowest BCUT2D eigenvalue weighted by molar-refractivity contribution is 0.222.